The van der Waals surface area contributed by atoms with Crippen LogP contribution in [0.1, 0.15) is 18.1 Å². The van der Waals surface area contributed by atoms with E-state index in [9.17, 15) is 21.6 Å². The van der Waals surface area contributed by atoms with Crippen LogP contribution in [0.3, 0.4) is 0 Å². The van der Waals surface area contributed by atoms with Crippen molar-refractivity contribution in [3.05, 3.63) is 69.8 Å². The Morgan fingerprint density at radius 1 is 1.17 bits per heavy atom. The topological polar surface area (TPSA) is 83.6 Å². The Kier molecular flexibility index (Phi) is 7.36. The minimum Gasteiger partial charge on any atom is -0.381 e. The minimum atomic E-state index is -4.53. The molecule has 1 aromatic heterocycles. The molecule has 2 aromatic carbocycles. The fraction of sp³-hybridized carbons (Fsp3) is 0.348. The first-order valence-corrected chi connectivity index (χ1v) is 13.2. The predicted molar refractivity (Wildman–Crippen MR) is 128 cm³/mol. The maximum Gasteiger partial charge on any atom is 0.268 e. The Bertz CT molecular complexity index is 1280. The summed E-state index contributed by atoms with van der Waals surface area (Å²) < 4.78 is 76.2. The van der Waals surface area contributed by atoms with Crippen LogP contribution in [0.4, 0.5) is 24.7 Å². The third kappa shape index (κ3) is 5.95. The summed E-state index contributed by atoms with van der Waals surface area (Å²) in [5.74, 6) is -3.04. The lowest BCUT2D eigenvalue weighted by Gasteiger charge is -2.41. The van der Waals surface area contributed by atoms with Crippen molar-refractivity contribution in [1.82, 2.24) is 9.88 Å². The number of hydrogen-bond donors (Lipinski definition) is 2. The summed E-state index contributed by atoms with van der Waals surface area (Å²) in [6, 6.07) is 6.47. The second-order valence-corrected chi connectivity index (χ2v) is 11.3. The molecule has 1 saturated heterocycles. The number of nitrogens with one attached hydrogen (secondary N) is 2. The van der Waals surface area contributed by atoms with E-state index in [1.807, 2.05) is 11.8 Å². The molecule has 0 aliphatic carbocycles. The molecule has 0 saturated carbocycles. The van der Waals surface area contributed by atoms with Crippen LogP contribution in [0.2, 0.25) is 0 Å². The van der Waals surface area contributed by atoms with Crippen LogP contribution >= 0.6 is 11.3 Å². The zero-order valence-corrected chi connectivity index (χ0v) is 20.8. The number of nitrogens with zero attached hydrogens (tertiary/aromatic N) is 2. The Balaban J connectivity index is 1.49. The number of benzene rings is 2. The molecule has 0 atom stereocenters. The third-order valence-corrected chi connectivity index (χ3v) is 7.61. The van der Waals surface area contributed by atoms with E-state index in [1.165, 1.54) is 17.0 Å². The third-order valence-electron chi connectivity index (χ3n) is 5.62. The number of halogens is 3. The zero-order valence-electron chi connectivity index (χ0n) is 19.1. The molecule has 0 bridgehead atoms. The molecule has 0 amide bonds. The van der Waals surface area contributed by atoms with Crippen LogP contribution in [0.5, 0.6) is 0 Å². The van der Waals surface area contributed by atoms with Gasteiger partial charge in [0.25, 0.3) is 10.0 Å². The second-order valence-electron chi connectivity index (χ2n) is 8.96. The van der Waals surface area contributed by atoms with Gasteiger partial charge in [-0.2, -0.15) is 0 Å². The number of thiazole rings is 1. The highest BCUT2D eigenvalue weighted by molar-refractivity contribution is 7.92. The van der Waals surface area contributed by atoms with Gasteiger partial charge in [0.15, 0.2) is 10.7 Å². The SMILES string of the molecule is CN(Cc1cccc(F)c1CNc1cc(F)c(S(=O)(=O)Nc2cscn2)c(F)c1)CC1(C)COC1. The molecule has 35 heavy (non-hydrogen) atoms. The fourth-order valence-corrected chi connectivity index (χ4v) is 5.73. The number of rotatable bonds is 10. The number of anilines is 2. The molecule has 3 aromatic rings. The van der Waals surface area contributed by atoms with Gasteiger partial charge in [0.1, 0.15) is 17.5 Å². The Hall–Kier alpha value is -2.67. The van der Waals surface area contributed by atoms with Crippen LogP contribution in [0.25, 0.3) is 0 Å². The quantitative estimate of drug-likeness (QED) is 0.407. The van der Waals surface area contributed by atoms with E-state index in [4.69, 9.17) is 4.74 Å². The van der Waals surface area contributed by atoms with Gasteiger partial charge >= 0.3 is 0 Å². The molecule has 0 unspecified atom stereocenters. The van der Waals surface area contributed by atoms with Crippen molar-refractivity contribution in [2.24, 2.45) is 5.41 Å². The van der Waals surface area contributed by atoms with E-state index in [2.05, 4.69) is 22.1 Å². The summed E-state index contributed by atoms with van der Waals surface area (Å²) in [7, 11) is -2.59. The van der Waals surface area contributed by atoms with Gasteiger partial charge in [-0.05, 0) is 30.8 Å². The van der Waals surface area contributed by atoms with Crippen molar-refractivity contribution in [2.75, 3.05) is 36.8 Å². The summed E-state index contributed by atoms with van der Waals surface area (Å²) in [4.78, 5) is 4.72. The molecule has 2 heterocycles. The van der Waals surface area contributed by atoms with Gasteiger partial charge in [0.2, 0.25) is 0 Å². The Morgan fingerprint density at radius 2 is 1.89 bits per heavy atom. The van der Waals surface area contributed by atoms with E-state index in [1.54, 1.807) is 12.1 Å². The molecular formula is C23H25F3N4O3S2. The highest BCUT2D eigenvalue weighted by Crippen LogP contribution is 2.29. The predicted octanol–water partition coefficient (Wildman–Crippen LogP) is 4.44. The summed E-state index contributed by atoms with van der Waals surface area (Å²) >= 11 is 1.13. The van der Waals surface area contributed by atoms with Crippen molar-refractivity contribution in [1.29, 1.82) is 0 Å². The molecule has 1 aliphatic heterocycles. The Morgan fingerprint density at radius 3 is 2.49 bits per heavy atom. The standard InChI is InChI=1S/C23H25F3N4O3S2/c1-23(12-33-13-23)11-30(2)9-15-4-3-5-18(24)17(15)8-27-16-6-19(25)22(20(26)7-16)35(31,32)29-21-10-34-14-28-21/h3-7,10,14,27,29H,8-9,11-13H2,1-2H3. The highest BCUT2D eigenvalue weighted by Gasteiger charge is 2.34. The summed E-state index contributed by atoms with van der Waals surface area (Å²) in [5, 5.41) is 4.20. The summed E-state index contributed by atoms with van der Waals surface area (Å²) in [6.45, 7) is 4.69. The van der Waals surface area contributed by atoms with Crippen LogP contribution in [-0.4, -0.2) is 45.1 Å². The summed E-state index contributed by atoms with van der Waals surface area (Å²) in [5.41, 5.74) is 2.52. The lowest BCUT2D eigenvalue weighted by Crippen LogP contribution is -2.47. The summed E-state index contributed by atoms with van der Waals surface area (Å²) in [6.07, 6.45) is 0. The molecule has 1 aliphatic rings. The van der Waals surface area contributed by atoms with Gasteiger partial charge in [0.05, 0.1) is 18.7 Å². The van der Waals surface area contributed by atoms with E-state index in [0.29, 0.717) is 25.3 Å². The van der Waals surface area contributed by atoms with E-state index < -0.39 is 32.4 Å². The fourth-order valence-electron chi connectivity index (χ4n) is 4.05. The first-order chi connectivity index (χ1) is 16.6. The van der Waals surface area contributed by atoms with Crippen LogP contribution in [-0.2, 0) is 27.8 Å². The zero-order chi connectivity index (χ0) is 25.2. The van der Waals surface area contributed by atoms with Crippen LogP contribution < -0.4 is 10.0 Å². The van der Waals surface area contributed by atoms with Crippen molar-refractivity contribution in [2.45, 2.75) is 24.9 Å². The lowest BCUT2D eigenvalue weighted by atomic mass is 9.88. The van der Waals surface area contributed by atoms with Crippen molar-refractivity contribution in [3.63, 3.8) is 0 Å². The van der Waals surface area contributed by atoms with Gasteiger partial charge < -0.3 is 15.0 Å². The molecule has 4 rings (SSSR count). The van der Waals surface area contributed by atoms with E-state index >= 15 is 0 Å². The smallest absolute Gasteiger partial charge is 0.268 e. The first-order valence-electron chi connectivity index (χ1n) is 10.7. The lowest BCUT2D eigenvalue weighted by molar-refractivity contribution is -0.113. The highest BCUT2D eigenvalue weighted by atomic mass is 32.2. The molecular weight excluding hydrogens is 501 g/mol. The molecule has 0 radical (unpaired) electrons. The largest absolute Gasteiger partial charge is 0.381 e. The molecule has 2 N–H and O–H groups in total. The van der Waals surface area contributed by atoms with Gasteiger partial charge in [-0.25, -0.2) is 26.6 Å². The van der Waals surface area contributed by atoms with Gasteiger partial charge in [-0.3, -0.25) is 4.72 Å². The average Bonchev–Trinajstić information content (AvgIpc) is 3.23. The Labute approximate surface area is 206 Å². The second kappa shape index (κ2) is 10.1. The van der Waals surface area contributed by atoms with Gasteiger partial charge in [0, 0.05) is 41.7 Å². The average molecular weight is 527 g/mol. The number of hydrogen-bond acceptors (Lipinski definition) is 7. The van der Waals surface area contributed by atoms with Crippen molar-refractivity contribution >= 4 is 32.9 Å². The van der Waals surface area contributed by atoms with Crippen molar-refractivity contribution < 1.29 is 26.3 Å². The normalized spacial score (nSPS) is 15.1. The van der Waals surface area contributed by atoms with Gasteiger partial charge in [-0.1, -0.05) is 19.1 Å². The van der Waals surface area contributed by atoms with Crippen molar-refractivity contribution in [3.8, 4) is 0 Å². The van der Waals surface area contributed by atoms with Gasteiger partial charge in [-0.15, -0.1) is 11.3 Å². The molecule has 1 fully saturated rings. The molecule has 188 valence electrons. The molecule has 7 nitrogen and oxygen atoms in total. The first kappa shape index (κ1) is 25.4. The van der Waals surface area contributed by atoms with Crippen LogP contribution in [0, 0.1) is 22.9 Å². The number of ether oxygens (including phenoxy) is 1. The molecule has 0 spiro atoms. The van der Waals surface area contributed by atoms with E-state index in [-0.39, 0.29) is 23.5 Å². The molecule has 12 heteroatoms. The maximum absolute atomic E-state index is 14.7. The number of aromatic nitrogens is 1. The number of sulfonamides is 1. The minimum absolute atomic E-state index is 0.0192. The monoisotopic (exact) mass is 526 g/mol. The van der Waals surface area contributed by atoms with Crippen LogP contribution in [0.15, 0.2) is 46.1 Å². The van der Waals surface area contributed by atoms with E-state index in [0.717, 1.165) is 35.6 Å². The maximum atomic E-state index is 14.7.